The quantitative estimate of drug-likeness (QED) is 0.0757. The van der Waals surface area contributed by atoms with Crippen molar-refractivity contribution in [2.24, 2.45) is 28.1 Å². The highest BCUT2D eigenvalue weighted by molar-refractivity contribution is 7.98. The minimum Gasteiger partial charge on any atom is -0.480 e. The number of rotatable bonds is 17. The number of hydrogen-bond acceptors (Lipinski definition) is 7. The second kappa shape index (κ2) is 17.2. The number of nitrogens with two attached hydrogens (primary N) is 3. The van der Waals surface area contributed by atoms with Crippen LogP contribution in [0.25, 0.3) is 0 Å². The van der Waals surface area contributed by atoms with E-state index in [1.54, 1.807) is 38.1 Å². The summed E-state index contributed by atoms with van der Waals surface area (Å²) in [5, 5.41) is 17.5. The molecule has 1 aromatic carbocycles. The maximum Gasteiger partial charge on any atom is 0.326 e. The first-order valence-corrected chi connectivity index (χ1v) is 13.8. The third kappa shape index (κ3) is 12.3. The number of carboxylic acids is 1. The Morgan fingerprint density at radius 2 is 1.58 bits per heavy atom. The molecule has 0 fully saturated rings. The van der Waals surface area contributed by atoms with Gasteiger partial charge in [0.2, 0.25) is 17.7 Å². The van der Waals surface area contributed by atoms with Gasteiger partial charge in [0.15, 0.2) is 5.96 Å². The van der Waals surface area contributed by atoms with Crippen molar-refractivity contribution in [3.8, 4) is 0 Å². The van der Waals surface area contributed by atoms with Gasteiger partial charge in [-0.2, -0.15) is 11.8 Å². The van der Waals surface area contributed by atoms with Gasteiger partial charge in [-0.05, 0) is 42.8 Å². The number of amides is 3. The summed E-state index contributed by atoms with van der Waals surface area (Å²) in [6.07, 6.45) is 3.08. The van der Waals surface area contributed by atoms with Crippen LogP contribution in [0, 0.1) is 5.92 Å². The van der Waals surface area contributed by atoms with Crippen LogP contribution >= 0.6 is 11.8 Å². The Hall–Kier alpha value is -3.32. The molecule has 0 aliphatic carbocycles. The van der Waals surface area contributed by atoms with Crippen LogP contribution in [0.4, 0.5) is 0 Å². The summed E-state index contributed by atoms with van der Waals surface area (Å²) in [5.41, 5.74) is 17.3. The van der Waals surface area contributed by atoms with Gasteiger partial charge < -0.3 is 38.3 Å². The molecule has 4 unspecified atom stereocenters. The van der Waals surface area contributed by atoms with Gasteiger partial charge in [0, 0.05) is 13.0 Å². The number of hydrogen-bond donors (Lipinski definition) is 7. The number of guanidine groups is 1. The third-order valence-corrected chi connectivity index (χ3v) is 6.34. The molecule has 0 heterocycles. The van der Waals surface area contributed by atoms with Gasteiger partial charge in [-0.25, -0.2) is 4.79 Å². The topological polar surface area (TPSA) is 215 Å². The van der Waals surface area contributed by atoms with Crippen molar-refractivity contribution >= 4 is 41.4 Å². The van der Waals surface area contributed by atoms with Crippen molar-refractivity contribution < 1.29 is 24.3 Å². The summed E-state index contributed by atoms with van der Waals surface area (Å²) in [5.74, 6) is -2.68. The van der Waals surface area contributed by atoms with Gasteiger partial charge in [-0.15, -0.1) is 0 Å². The van der Waals surface area contributed by atoms with Crippen LogP contribution in [0.15, 0.2) is 35.3 Å². The summed E-state index contributed by atoms with van der Waals surface area (Å²) in [6, 6.07) is 4.95. The standard InChI is InChI=1S/C25H41N7O5S/c1-15(2)20(23(35)31-19(24(36)37)14-16-8-5-4-6-9-16)32-22(34)18(11-13-38-3)30-21(33)17(26)10-7-12-29-25(27)28/h4-6,8-9,15,17-20H,7,10-14,26H2,1-3H3,(H,30,33)(H,31,35)(H,32,34)(H,36,37)(H4,27,28,29). The molecule has 13 heteroatoms. The molecule has 0 spiro atoms. The first-order valence-electron chi connectivity index (χ1n) is 12.4. The molecule has 12 nitrogen and oxygen atoms in total. The zero-order valence-corrected chi connectivity index (χ0v) is 23.0. The summed E-state index contributed by atoms with van der Waals surface area (Å²) >= 11 is 1.50. The molecule has 0 radical (unpaired) electrons. The van der Waals surface area contributed by atoms with Crippen molar-refractivity contribution in [3.63, 3.8) is 0 Å². The Morgan fingerprint density at radius 3 is 2.13 bits per heavy atom. The lowest BCUT2D eigenvalue weighted by Gasteiger charge is -2.27. The van der Waals surface area contributed by atoms with E-state index in [0.717, 1.165) is 5.56 Å². The van der Waals surface area contributed by atoms with Crippen LogP contribution in [0.1, 0.15) is 38.7 Å². The highest BCUT2D eigenvalue weighted by Crippen LogP contribution is 2.09. The van der Waals surface area contributed by atoms with Gasteiger partial charge in [0.1, 0.15) is 18.1 Å². The van der Waals surface area contributed by atoms with Crippen molar-refractivity contribution in [1.82, 2.24) is 16.0 Å². The highest BCUT2D eigenvalue weighted by atomic mass is 32.2. The van der Waals surface area contributed by atoms with Gasteiger partial charge in [-0.3, -0.25) is 19.4 Å². The van der Waals surface area contributed by atoms with Crippen molar-refractivity contribution in [2.45, 2.75) is 63.7 Å². The Kier molecular flexibility index (Phi) is 14.8. The Balaban J connectivity index is 2.87. The second-order valence-electron chi connectivity index (χ2n) is 9.22. The van der Waals surface area contributed by atoms with Crippen molar-refractivity contribution in [2.75, 3.05) is 18.6 Å². The molecule has 38 heavy (non-hydrogen) atoms. The molecule has 3 amide bonds. The van der Waals surface area contributed by atoms with E-state index in [1.807, 2.05) is 12.3 Å². The summed E-state index contributed by atoms with van der Waals surface area (Å²) in [4.78, 5) is 54.5. The fraction of sp³-hybridized carbons (Fsp3) is 0.560. The average molecular weight is 552 g/mol. The van der Waals surface area contributed by atoms with E-state index in [2.05, 4.69) is 20.9 Å². The zero-order valence-electron chi connectivity index (χ0n) is 22.2. The van der Waals surface area contributed by atoms with E-state index < -0.39 is 47.9 Å². The van der Waals surface area contributed by atoms with Crippen molar-refractivity contribution in [3.05, 3.63) is 35.9 Å². The number of carbonyl (C=O) groups is 4. The molecule has 0 aromatic heterocycles. The van der Waals surface area contributed by atoms with Gasteiger partial charge in [-0.1, -0.05) is 44.2 Å². The molecular weight excluding hydrogens is 510 g/mol. The first-order chi connectivity index (χ1) is 18.0. The fourth-order valence-electron chi connectivity index (χ4n) is 3.53. The predicted molar refractivity (Wildman–Crippen MR) is 149 cm³/mol. The normalized spacial score (nSPS) is 14.0. The number of nitrogens with one attached hydrogen (secondary N) is 3. The van der Waals surface area contributed by atoms with Crippen LogP contribution in [0.5, 0.6) is 0 Å². The number of carbonyl (C=O) groups excluding carboxylic acids is 3. The van der Waals surface area contributed by atoms with Gasteiger partial charge in [0.25, 0.3) is 0 Å². The minimum absolute atomic E-state index is 0.0460. The predicted octanol–water partition coefficient (Wildman–Crippen LogP) is -0.442. The fourth-order valence-corrected chi connectivity index (χ4v) is 4.01. The SMILES string of the molecule is CSCCC(NC(=O)C(N)CCCN=C(N)N)C(=O)NC(C(=O)NC(Cc1ccccc1)C(=O)O)C(C)C. The minimum atomic E-state index is -1.19. The lowest BCUT2D eigenvalue weighted by molar-refractivity contribution is -0.142. The largest absolute Gasteiger partial charge is 0.480 e. The van der Waals surface area contributed by atoms with E-state index in [4.69, 9.17) is 17.2 Å². The van der Waals surface area contributed by atoms with E-state index in [1.165, 1.54) is 11.8 Å². The smallest absolute Gasteiger partial charge is 0.326 e. The summed E-state index contributed by atoms with van der Waals surface area (Å²) in [6.45, 7) is 3.80. The van der Waals surface area contributed by atoms with Crippen LogP contribution < -0.4 is 33.2 Å². The maximum absolute atomic E-state index is 13.2. The molecule has 0 saturated carbocycles. The molecule has 1 rings (SSSR count). The Bertz CT molecular complexity index is 941. The summed E-state index contributed by atoms with van der Waals surface area (Å²) < 4.78 is 0. The monoisotopic (exact) mass is 551 g/mol. The van der Waals surface area contributed by atoms with E-state index >= 15 is 0 Å². The molecule has 4 atom stereocenters. The first kappa shape index (κ1) is 32.7. The molecule has 212 valence electrons. The third-order valence-electron chi connectivity index (χ3n) is 5.69. The van der Waals surface area contributed by atoms with Crippen LogP contribution in [0.3, 0.4) is 0 Å². The maximum atomic E-state index is 13.2. The number of carboxylic acid groups (broad SMARTS) is 1. The molecule has 0 saturated heterocycles. The van der Waals surface area contributed by atoms with Crippen molar-refractivity contribution in [1.29, 1.82) is 0 Å². The van der Waals surface area contributed by atoms with E-state index in [9.17, 15) is 24.3 Å². The zero-order chi connectivity index (χ0) is 28.7. The molecular formula is C25H41N7O5S. The second-order valence-corrected chi connectivity index (χ2v) is 10.2. The molecule has 0 bridgehead atoms. The number of nitrogens with zero attached hydrogens (tertiary/aromatic N) is 1. The van der Waals surface area contributed by atoms with Gasteiger partial charge in [0.05, 0.1) is 6.04 Å². The molecule has 0 aliphatic heterocycles. The number of aliphatic carboxylic acids is 1. The Morgan fingerprint density at radius 1 is 0.947 bits per heavy atom. The van der Waals surface area contributed by atoms with Gasteiger partial charge >= 0.3 is 5.97 Å². The summed E-state index contributed by atoms with van der Waals surface area (Å²) in [7, 11) is 0. The number of benzene rings is 1. The highest BCUT2D eigenvalue weighted by Gasteiger charge is 2.31. The lowest BCUT2D eigenvalue weighted by atomic mass is 10.0. The van der Waals surface area contributed by atoms with Crippen LogP contribution in [-0.2, 0) is 25.6 Å². The van der Waals surface area contributed by atoms with E-state index in [0.29, 0.717) is 31.6 Å². The molecule has 10 N–H and O–H groups in total. The number of aliphatic imine (C=N–C) groups is 1. The Labute approximate surface area is 227 Å². The lowest BCUT2D eigenvalue weighted by Crippen LogP contribution is -2.58. The average Bonchev–Trinajstić information content (AvgIpc) is 2.86. The molecule has 1 aromatic rings. The molecule has 0 aliphatic rings. The number of thioether (sulfide) groups is 1. The van der Waals surface area contributed by atoms with Crippen LogP contribution in [-0.4, -0.2) is 77.5 Å². The van der Waals surface area contributed by atoms with Crippen LogP contribution in [0.2, 0.25) is 0 Å². The van der Waals surface area contributed by atoms with E-state index in [-0.39, 0.29) is 18.3 Å².